The molecular formula is C25H19F4N3OS2. The predicted molar refractivity (Wildman–Crippen MR) is 129 cm³/mol. The molecule has 0 saturated carbocycles. The number of fused-ring (bicyclic) bond motifs is 1. The second kappa shape index (κ2) is 9.50. The van der Waals surface area contributed by atoms with Crippen LogP contribution < -0.4 is 9.46 Å². The molecule has 1 aliphatic rings. The first kappa shape index (κ1) is 23.6. The number of anilines is 1. The van der Waals surface area contributed by atoms with Gasteiger partial charge in [-0.2, -0.15) is 17.6 Å². The number of benzene rings is 2. The molecular weight excluding hydrogens is 498 g/mol. The molecule has 2 aromatic carbocycles. The van der Waals surface area contributed by atoms with Crippen LogP contribution in [0.25, 0.3) is 11.3 Å². The van der Waals surface area contributed by atoms with Crippen LogP contribution in [0.4, 0.5) is 23.4 Å². The number of aromatic nitrogens is 2. The lowest BCUT2D eigenvalue weighted by molar-refractivity contribution is -0.137. The van der Waals surface area contributed by atoms with E-state index in [0.717, 1.165) is 27.1 Å². The Balaban J connectivity index is 1.48. The van der Waals surface area contributed by atoms with Crippen LogP contribution in [0.1, 0.15) is 34.0 Å². The van der Waals surface area contributed by atoms with Crippen molar-refractivity contribution in [2.24, 2.45) is 0 Å². The molecule has 4 aromatic rings. The van der Waals surface area contributed by atoms with Gasteiger partial charge in [0.1, 0.15) is 11.6 Å². The van der Waals surface area contributed by atoms with Crippen molar-refractivity contribution in [1.29, 1.82) is 0 Å². The summed E-state index contributed by atoms with van der Waals surface area (Å²) >= 11 is 2.67. The van der Waals surface area contributed by atoms with E-state index in [1.807, 2.05) is 25.1 Å². The molecule has 10 heteroatoms. The molecule has 0 saturated heterocycles. The SMILES string of the molecule is Cc1nc(-c2cc(C(F)(F)F)ccc2C2CCOc3cc(SNc4cccc(F)n4)ccc32)cs1. The first-order valence-electron chi connectivity index (χ1n) is 10.7. The van der Waals surface area contributed by atoms with E-state index in [4.69, 9.17) is 4.74 Å². The van der Waals surface area contributed by atoms with Crippen molar-refractivity contribution in [1.82, 2.24) is 9.97 Å². The van der Waals surface area contributed by atoms with Gasteiger partial charge in [0.2, 0.25) is 5.95 Å². The van der Waals surface area contributed by atoms with Crippen molar-refractivity contribution in [3.63, 3.8) is 0 Å². The van der Waals surface area contributed by atoms with E-state index in [1.54, 1.807) is 23.6 Å². The van der Waals surface area contributed by atoms with Gasteiger partial charge in [0.05, 0.1) is 22.9 Å². The summed E-state index contributed by atoms with van der Waals surface area (Å²) in [5, 5.41) is 2.58. The van der Waals surface area contributed by atoms with E-state index in [0.29, 0.717) is 35.9 Å². The quantitative estimate of drug-likeness (QED) is 0.167. The molecule has 0 spiro atoms. The van der Waals surface area contributed by atoms with Gasteiger partial charge in [-0.05, 0) is 67.3 Å². The maximum Gasteiger partial charge on any atom is 0.416 e. The molecule has 35 heavy (non-hydrogen) atoms. The summed E-state index contributed by atoms with van der Waals surface area (Å²) in [7, 11) is 0. The average molecular weight is 518 g/mol. The maximum atomic E-state index is 13.5. The molecule has 1 unspecified atom stereocenters. The molecule has 1 atom stereocenters. The number of hydrogen-bond donors (Lipinski definition) is 1. The van der Waals surface area contributed by atoms with Gasteiger partial charge in [-0.25, -0.2) is 9.97 Å². The summed E-state index contributed by atoms with van der Waals surface area (Å²) in [6.07, 6.45) is -3.81. The molecule has 180 valence electrons. The Morgan fingerprint density at radius 1 is 1.06 bits per heavy atom. The van der Waals surface area contributed by atoms with E-state index in [2.05, 4.69) is 14.7 Å². The van der Waals surface area contributed by atoms with Crippen molar-refractivity contribution < 1.29 is 22.3 Å². The largest absolute Gasteiger partial charge is 0.493 e. The fraction of sp³-hybridized carbons (Fsp3) is 0.200. The number of hydrogen-bond acceptors (Lipinski definition) is 6. The number of pyridine rings is 1. The highest BCUT2D eigenvalue weighted by atomic mass is 32.2. The zero-order valence-electron chi connectivity index (χ0n) is 18.4. The van der Waals surface area contributed by atoms with Crippen molar-refractivity contribution in [2.45, 2.75) is 30.3 Å². The molecule has 0 fully saturated rings. The Morgan fingerprint density at radius 2 is 1.89 bits per heavy atom. The Hall–Kier alpha value is -3.11. The maximum absolute atomic E-state index is 13.5. The number of halogens is 4. The second-order valence-corrected chi connectivity index (χ2v) is 9.93. The van der Waals surface area contributed by atoms with Crippen molar-refractivity contribution in [2.75, 3.05) is 11.3 Å². The minimum absolute atomic E-state index is 0.144. The fourth-order valence-electron chi connectivity index (χ4n) is 4.08. The topological polar surface area (TPSA) is 47.0 Å². The van der Waals surface area contributed by atoms with Crippen molar-refractivity contribution in [3.05, 3.63) is 87.6 Å². The first-order chi connectivity index (χ1) is 16.8. The molecule has 0 bridgehead atoms. The van der Waals surface area contributed by atoms with Gasteiger partial charge >= 0.3 is 6.18 Å². The third-order valence-corrected chi connectivity index (χ3v) is 7.24. The van der Waals surface area contributed by atoms with Crippen LogP contribution in [0.15, 0.2) is 64.9 Å². The standard InChI is InChI=1S/C25H19F4N3OS2/c1-14-30-21(13-34-14)20-11-15(25(27,28)29)5-7-17(20)18-9-10-33-22-12-16(6-8-19(18)22)35-32-24-4-2-3-23(26)31-24/h2-8,11-13,18H,9-10H2,1H3,(H,31,32). The Bertz CT molecular complexity index is 1370. The van der Waals surface area contributed by atoms with Crippen LogP contribution >= 0.6 is 23.3 Å². The van der Waals surface area contributed by atoms with Gasteiger partial charge in [0.15, 0.2) is 0 Å². The molecule has 0 aliphatic carbocycles. The van der Waals surface area contributed by atoms with Crippen LogP contribution in [-0.4, -0.2) is 16.6 Å². The lowest BCUT2D eigenvalue weighted by atomic mass is 9.83. The zero-order valence-corrected chi connectivity index (χ0v) is 20.0. The molecule has 4 nitrogen and oxygen atoms in total. The average Bonchev–Trinajstić information content (AvgIpc) is 3.27. The molecule has 0 radical (unpaired) electrons. The number of nitrogens with one attached hydrogen (secondary N) is 1. The van der Waals surface area contributed by atoms with Crippen molar-refractivity contribution >= 4 is 29.1 Å². The smallest absolute Gasteiger partial charge is 0.416 e. The predicted octanol–water partition coefficient (Wildman–Crippen LogP) is 7.71. The number of aryl methyl sites for hydroxylation is 1. The first-order valence-corrected chi connectivity index (χ1v) is 12.4. The molecule has 1 aliphatic heterocycles. The fourth-order valence-corrected chi connectivity index (χ4v) is 5.33. The Kier molecular flexibility index (Phi) is 6.41. The highest BCUT2D eigenvalue weighted by Gasteiger charge is 2.33. The van der Waals surface area contributed by atoms with Gasteiger partial charge in [0, 0.05) is 27.3 Å². The summed E-state index contributed by atoms with van der Waals surface area (Å²) in [6, 6.07) is 14.1. The molecule has 5 rings (SSSR count). The highest BCUT2D eigenvalue weighted by molar-refractivity contribution is 8.00. The highest BCUT2D eigenvalue weighted by Crippen LogP contribution is 2.44. The van der Waals surface area contributed by atoms with Gasteiger partial charge in [-0.3, -0.25) is 0 Å². The van der Waals surface area contributed by atoms with Gasteiger partial charge in [0.25, 0.3) is 0 Å². The number of thiazole rings is 1. The van der Waals surface area contributed by atoms with Crippen LogP contribution in [0, 0.1) is 12.9 Å². The third kappa shape index (κ3) is 5.13. The monoisotopic (exact) mass is 517 g/mol. The van der Waals surface area contributed by atoms with E-state index in [9.17, 15) is 17.6 Å². The molecule has 0 amide bonds. The Morgan fingerprint density at radius 3 is 2.63 bits per heavy atom. The normalized spacial score (nSPS) is 15.4. The molecule has 1 N–H and O–H groups in total. The summed E-state index contributed by atoms with van der Waals surface area (Å²) in [4.78, 5) is 9.07. The second-order valence-electron chi connectivity index (χ2n) is 7.99. The molecule has 2 aromatic heterocycles. The third-order valence-electron chi connectivity index (χ3n) is 5.66. The zero-order chi connectivity index (χ0) is 24.6. The van der Waals surface area contributed by atoms with Crippen LogP contribution in [0.3, 0.4) is 0 Å². The number of ether oxygens (including phenoxy) is 1. The van der Waals surface area contributed by atoms with Crippen LogP contribution in [0.5, 0.6) is 5.75 Å². The number of rotatable bonds is 5. The van der Waals surface area contributed by atoms with E-state index < -0.39 is 17.7 Å². The van der Waals surface area contributed by atoms with E-state index >= 15 is 0 Å². The van der Waals surface area contributed by atoms with Crippen LogP contribution in [-0.2, 0) is 6.18 Å². The summed E-state index contributed by atoms with van der Waals surface area (Å²) in [6.45, 7) is 2.26. The minimum Gasteiger partial charge on any atom is -0.493 e. The minimum atomic E-state index is -4.44. The van der Waals surface area contributed by atoms with Gasteiger partial charge in [-0.15, -0.1) is 11.3 Å². The van der Waals surface area contributed by atoms with Crippen molar-refractivity contribution in [3.8, 4) is 17.0 Å². The number of alkyl halides is 3. The lowest BCUT2D eigenvalue weighted by Crippen LogP contribution is -2.16. The van der Waals surface area contributed by atoms with Crippen LogP contribution in [0.2, 0.25) is 0 Å². The summed E-state index contributed by atoms with van der Waals surface area (Å²) in [5.74, 6) is 0.338. The number of nitrogens with zero attached hydrogens (tertiary/aromatic N) is 2. The van der Waals surface area contributed by atoms with Gasteiger partial charge < -0.3 is 9.46 Å². The van der Waals surface area contributed by atoms with E-state index in [-0.39, 0.29) is 5.92 Å². The molecule has 3 heterocycles. The lowest BCUT2D eigenvalue weighted by Gasteiger charge is -2.28. The summed E-state index contributed by atoms with van der Waals surface area (Å²) < 4.78 is 62.7. The Labute approximate surface area is 207 Å². The van der Waals surface area contributed by atoms with Gasteiger partial charge in [-0.1, -0.05) is 18.2 Å². The van der Waals surface area contributed by atoms with E-state index in [1.165, 1.54) is 35.4 Å². The summed E-state index contributed by atoms with van der Waals surface area (Å²) in [5.41, 5.74) is 2.02.